The van der Waals surface area contributed by atoms with Gasteiger partial charge in [0.25, 0.3) is 0 Å². The zero-order chi connectivity index (χ0) is 14.8. The van der Waals surface area contributed by atoms with Gasteiger partial charge in [-0.25, -0.2) is 0 Å². The van der Waals surface area contributed by atoms with Crippen LogP contribution in [-0.4, -0.2) is 12.1 Å². The molecule has 2 aromatic rings. The molecule has 0 atom stereocenters. The summed E-state index contributed by atoms with van der Waals surface area (Å²) in [5, 5.41) is 27.5. The van der Waals surface area contributed by atoms with Crippen LogP contribution in [0.3, 0.4) is 0 Å². The predicted octanol–water partition coefficient (Wildman–Crippen LogP) is 1.44. The molecule has 0 saturated heterocycles. The van der Waals surface area contributed by atoms with Gasteiger partial charge in [0.1, 0.15) is 11.5 Å². The summed E-state index contributed by atoms with van der Waals surface area (Å²) in [6.45, 7) is 0.329. The number of nitrogens with zero attached hydrogens (tertiary/aromatic N) is 2. The van der Waals surface area contributed by atoms with Crippen molar-refractivity contribution >= 4 is 12.6 Å². The maximum Gasteiger partial charge on any atom is 0.491 e. The maximum atomic E-state index is 9.56. The van der Waals surface area contributed by atoms with E-state index in [0.29, 0.717) is 29.2 Å². The Hall–Kier alpha value is -2.80. The molecule has 0 radical (unpaired) electrons. The molecule has 0 aromatic heterocycles. The Bertz CT molecular complexity index is 760. The largest absolute Gasteiger partial charge is 0.491 e. The number of ether oxygens (including phenoxy) is 1. The van der Waals surface area contributed by atoms with Gasteiger partial charge in [-0.3, -0.25) is 0 Å². The second-order valence-corrected chi connectivity index (χ2v) is 4.60. The Labute approximate surface area is 121 Å². The monoisotopic (exact) mass is 276 g/mol. The summed E-state index contributed by atoms with van der Waals surface area (Å²) in [6, 6.07) is 13.8. The van der Waals surface area contributed by atoms with E-state index in [1.165, 1.54) is 6.07 Å². The van der Waals surface area contributed by atoms with Gasteiger partial charge in [0.2, 0.25) is 0 Å². The smallest absolute Gasteiger partial charge is 0.457 e. The van der Waals surface area contributed by atoms with Crippen molar-refractivity contribution in [3.8, 4) is 23.6 Å². The molecule has 0 amide bonds. The van der Waals surface area contributed by atoms with Crippen LogP contribution in [0.15, 0.2) is 36.4 Å². The van der Waals surface area contributed by atoms with Gasteiger partial charge in [-0.2, -0.15) is 10.5 Å². The first-order valence-corrected chi connectivity index (χ1v) is 6.25. The molecular formula is C15H9BN2O3. The normalized spacial score (nSPS) is 12.4. The minimum atomic E-state index is -0.888. The summed E-state index contributed by atoms with van der Waals surface area (Å²) in [7, 11) is -0.888. The van der Waals surface area contributed by atoms with Gasteiger partial charge in [0.15, 0.2) is 0 Å². The first-order valence-electron chi connectivity index (χ1n) is 6.25. The van der Waals surface area contributed by atoms with Gasteiger partial charge >= 0.3 is 7.12 Å². The van der Waals surface area contributed by atoms with Crippen molar-refractivity contribution in [2.24, 2.45) is 0 Å². The third-order valence-corrected chi connectivity index (χ3v) is 3.18. The molecule has 5 nitrogen and oxygen atoms in total. The second-order valence-electron chi connectivity index (χ2n) is 4.60. The fourth-order valence-electron chi connectivity index (χ4n) is 2.19. The topological polar surface area (TPSA) is 86.3 Å². The molecule has 0 aliphatic carbocycles. The zero-order valence-electron chi connectivity index (χ0n) is 10.9. The van der Waals surface area contributed by atoms with E-state index in [0.717, 1.165) is 11.0 Å². The van der Waals surface area contributed by atoms with Crippen molar-refractivity contribution in [1.29, 1.82) is 10.5 Å². The molecule has 1 aliphatic rings. The molecule has 0 saturated carbocycles. The van der Waals surface area contributed by atoms with E-state index in [4.69, 9.17) is 19.9 Å². The number of rotatable bonds is 2. The first kappa shape index (κ1) is 13.2. The van der Waals surface area contributed by atoms with E-state index in [1.54, 1.807) is 30.3 Å². The average molecular weight is 276 g/mol. The zero-order valence-corrected chi connectivity index (χ0v) is 10.9. The number of nitriles is 2. The number of hydrogen-bond donors (Lipinski definition) is 1. The molecular weight excluding hydrogens is 267 g/mol. The Kier molecular flexibility index (Phi) is 3.33. The highest BCUT2D eigenvalue weighted by atomic mass is 16.5. The predicted molar refractivity (Wildman–Crippen MR) is 74.8 cm³/mol. The molecule has 0 fully saturated rings. The van der Waals surface area contributed by atoms with E-state index < -0.39 is 7.12 Å². The molecule has 0 unspecified atom stereocenters. The number of benzene rings is 2. The van der Waals surface area contributed by atoms with Crippen molar-refractivity contribution in [3.63, 3.8) is 0 Å². The fraction of sp³-hybridized carbons (Fsp3) is 0.0667. The van der Waals surface area contributed by atoms with Crippen LogP contribution >= 0.6 is 0 Å². The van der Waals surface area contributed by atoms with Crippen molar-refractivity contribution in [1.82, 2.24) is 0 Å². The van der Waals surface area contributed by atoms with Gasteiger partial charge in [0, 0.05) is 0 Å². The molecule has 1 aliphatic heterocycles. The highest BCUT2D eigenvalue weighted by Gasteiger charge is 2.27. The summed E-state index contributed by atoms with van der Waals surface area (Å²) in [5.41, 5.74) is 2.32. The van der Waals surface area contributed by atoms with Crippen LogP contribution in [-0.2, 0) is 11.3 Å². The molecule has 0 spiro atoms. The number of fused-ring (bicyclic) bond motifs is 1. The van der Waals surface area contributed by atoms with Gasteiger partial charge < -0.3 is 14.4 Å². The molecule has 6 heteroatoms. The van der Waals surface area contributed by atoms with Gasteiger partial charge in [-0.05, 0) is 41.4 Å². The molecule has 1 N–H and O–H groups in total. The highest BCUT2D eigenvalue weighted by molar-refractivity contribution is 6.61. The van der Waals surface area contributed by atoms with Crippen molar-refractivity contribution in [3.05, 3.63) is 53.1 Å². The molecule has 3 rings (SSSR count). The van der Waals surface area contributed by atoms with Crippen LogP contribution in [0, 0.1) is 22.7 Å². The lowest BCUT2D eigenvalue weighted by Crippen LogP contribution is -2.27. The molecule has 100 valence electrons. The lowest BCUT2D eigenvalue weighted by Gasteiger charge is -2.08. The van der Waals surface area contributed by atoms with E-state index in [-0.39, 0.29) is 0 Å². The quantitative estimate of drug-likeness (QED) is 0.838. The summed E-state index contributed by atoms with van der Waals surface area (Å²) in [4.78, 5) is 0. The van der Waals surface area contributed by atoms with Crippen molar-refractivity contribution in [2.45, 2.75) is 6.61 Å². The van der Waals surface area contributed by atoms with Gasteiger partial charge in [-0.1, -0.05) is 6.07 Å². The van der Waals surface area contributed by atoms with Crippen LogP contribution in [0.25, 0.3) is 0 Å². The van der Waals surface area contributed by atoms with E-state index in [9.17, 15) is 5.02 Å². The Morgan fingerprint density at radius 2 is 1.76 bits per heavy atom. The SMILES string of the molecule is N#Cc1cc(C#N)cc(Oc2ccc3c(c2)COB3O)c1. The second kappa shape index (κ2) is 5.30. The first-order chi connectivity index (χ1) is 10.2. The van der Waals surface area contributed by atoms with E-state index >= 15 is 0 Å². The minimum absolute atomic E-state index is 0.329. The highest BCUT2D eigenvalue weighted by Crippen LogP contribution is 2.25. The van der Waals surface area contributed by atoms with Crippen molar-refractivity contribution < 1.29 is 14.4 Å². The lowest BCUT2D eigenvalue weighted by molar-refractivity contribution is 0.275. The van der Waals surface area contributed by atoms with Crippen LogP contribution in [0.2, 0.25) is 0 Å². The Morgan fingerprint density at radius 1 is 1.05 bits per heavy atom. The van der Waals surface area contributed by atoms with E-state index in [1.807, 2.05) is 12.1 Å². The van der Waals surface area contributed by atoms with Crippen LogP contribution in [0.5, 0.6) is 11.5 Å². The summed E-state index contributed by atoms with van der Waals surface area (Å²) in [5.74, 6) is 0.982. The van der Waals surface area contributed by atoms with Crippen molar-refractivity contribution in [2.75, 3.05) is 0 Å². The summed E-state index contributed by atoms with van der Waals surface area (Å²) >= 11 is 0. The van der Waals surface area contributed by atoms with Crippen LogP contribution < -0.4 is 10.2 Å². The van der Waals surface area contributed by atoms with Crippen LogP contribution in [0.4, 0.5) is 0 Å². The average Bonchev–Trinajstić information content (AvgIpc) is 2.87. The molecule has 2 aromatic carbocycles. The Balaban J connectivity index is 1.91. The molecule has 21 heavy (non-hydrogen) atoms. The minimum Gasteiger partial charge on any atom is -0.457 e. The number of hydrogen-bond acceptors (Lipinski definition) is 5. The Morgan fingerprint density at radius 3 is 2.43 bits per heavy atom. The van der Waals surface area contributed by atoms with Gasteiger partial charge in [-0.15, -0.1) is 0 Å². The molecule has 1 heterocycles. The summed E-state index contributed by atoms with van der Waals surface area (Å²) < 4.78 is 10.8. The van der Waals surface area contributed by atoms with Gasteiger partial charge in [0.05, 0.1) is 29.9 Å². The third-order valence-electron chi connectivity index (χ3n) is 3.18. The standard InChI is InChI=1S/C15H9BN2O3/c17-7-10-3-11(8-18)5-14(4-10)21-13-1-2-15-12(6-13)9-20-16(15)19/h1-6,19H,9H2. The lowest BCUT2D eigenvalue weighted by atomic mass is 9.80. The maximum absolute atomic E-state index is 9.56. The molecule has 0 bridgehead atoms. The summed E-state index contributed by atoms with van der Waals surface area (Å²) in [6.07, 6.45) is 0. The fourth-order valence-corrected chi connectivity index (χ4v) is 2.19. The van der Waals surface area contributed by atoms with Crippen LogP contribution in [0.1, 0.15) is 16.7 Å². The third kappa shape index (κ3) is 2.59. The van der Waals surface area contributed by atoms with E-state index in [2.05, 4.69) is 0 Å².